The second kappa shape index (κ2) is 8.24. The van der Waals surface area contributed by atoms with E-state index in [1.54, 1.807) is 12.1 Å². The smallest absolute Gasteiger partial charge is 0.357 e. The van der Waals surface area contributed by atoms with Gasteiger partial charge in [-0.25, -0.2) is 14.3 Å². The summed E-state index contributed by atoms with van der Waals surface area (Å²) in [5.41, 5.74) is -0.949. The minimum atomic E-state index is -1.32. The quantitative estimate of drug-likeness (QED) is 0.703. The van der Waals surface area contributed by atoms with Crippen molar-refractivity contribution >= 4 is 28.7 Å². The molecule has 2 aromatic rings. The maximum atomic E-state index is 12.4. The number of carbonyl (C=O) groups excluding carboxylic acids is 2. The molecule has 3 N–H and O–H groups in total. The van der Waals surface area contributed by atoms with Crippen molar-refractivity contribution in [2.45, 2.75) is 26.8 Å². The molecule has 1 aromatic carbocycles. The number of benzene rings is 1. The Morgan fingerprint density at radius 1 is 1.19 bits per heavy atom. The zero-order valence-corrected chi connectivity index (χ0v) is 14.5. The highest BCUT2D eigenvalue weighted by Gasteiger charge is 2.17. The molecule has 26 heavy (non-hydrogen) atoms. The Morgan fingerprint density at radius 3 is 2.46 bits per heavy atom. The second-order valence-corrected chi connectivity index (χ2v) is 6.15. The van der Waals surface area contributed by atoms with Gasteiger partial charge >= 0.3 is 12.0 Å². The highest BCUT2D eigenvalue weighted by atomic mass is 16.4. The molecule has 0 aliphatic carbocycles. The predicted molar refractivity (Wildman–Crippen MR) is 94.0 cm³/mol. The molecule has 0 aliphatic rings. The lowest BCUT2D eigenvalue weighted by molar-refractivity contribution is -0.120. The molecule has 0 unspecified atom stereocenters. The van der Waals surface area contributed by atoms with Gasteiger partial charge in [-0.05, 0) is 18.4 Å². The highest BCUT2D eigenvalue weighted by molar-refractivity contribution is 6.01. The van der Waals surface area contributed by atoms with Gasteiger partial charge in [0.25, 0.3) is 5.56 Å². The molecule has 2 rings (SSSR count). The number of fused-ring (bicyclic) bond motifs is 1. The van der Waals surface area contributed by atoms with Crippen molar-refractivity contribution in [2.75, 3.05) is 6.54 Å². The Hall–Kier alpha value is -3.23. The van der Waals surface area contributed by atoms with Gasteiger partial charge in [0.1, 0.15) is 6.54 Å². The largest absolute Gasteiger partial charge is 0.476 e. The van der Waals surface area contributed by atoms with Crippen LogP contribution in [0.1, 0.15) is 30.8 Å². The molecule has 1 aromatic heterocycles. The van der Waals surface area contributed by atoms with E-state index in [0.29, 0.717) is 12.5 Å². The molecule has 138 valence electrons. The van der Waals surface area contributed by atoms with Gasteiger partial charge in [0, 0.05) is 11.9 Å². The highest BCUT2D eigenvalue weighted by Crippen LogP contribution is 2.12. The maximum Gasteiger partial charge on any atom is 0.357 e. The maximum absolute atomic E-state index is 12.4. The van der Waals surface area contributed by atoms with Gasteiger partial charge in [0.05, 0.1) is 5.39 Å². The Kier molecular flexibility index (Phi) is 6.05. The number of aromatic carboxylic acids is 1. The van der Waals surface area contributed by atoms with Crippen LogP contribution in [-0.4, -0.2) is 39.3 Å². The Morgan fingerprint density at radius 2 is 1.85 bits per heavy atom. The molecular weight excluding hydrogens is 340 g/mol. The molecule has 0 radical (unpaired) electrons. The molecule has 1 heterocycles. The minimum Gasteiger partial charge on any atom is -0.476 e. The number of carboxylic acid groups (broad SMARTS) is 1. The zero-order valence-electron chi connectivity index (χ0n) is 14.5. The first-order valence-corrected chi connectivity index (χ1v) is 8.10. The Balaban J connectivity index is 2.16. The van der Waals surface area contributed by atoms with Crippen molar-refractivity contribution in [1.82, 2.24) is 20.4 Å². The lowest BCUT2D eigenvalue weighted by Gasteiger charge is -2.10. The van der Waals surface area contributed by atoms with Gasteiger partial charge in [0.15, 0.2) is 5.69 Å². The summed E-state index contributed by atoms with van der Waals surface area (Å²) >= 11 is 0. The SMILES string of the molecule is CC(C)CCNC(=O)NC(=O)Cn1nc(C(=O)O)c2ccccc2c1=O. The minimum absolute atomic E-state index is 0.133. The monoisotopic (exact) mass is 360 g/mol. The van der Waals surface area contributed by atoms with Crippen LogP contribution in [0.25, 0.3) is 10.8 Å². The van der Waals surface area contributed by atoms with Crippen LogP contribution in [0.3, 0.4) is 0 Å². The molecule has 0 aliphatic heterocycles. The standard InChI is InChI=1S/C17H20N4O5/c1-10(2)7-8-18-17(26)19-13(22)9-21-15(23)12-6-4-3-5-11(12)14(20-21)16(24)25/h3-6,10H,7-9H2,1-2H3,(H,24,25)(H2,18,19,22,26). The second-order valence-electron chi connectivity index (χ2n) is 6.15. The normalized spacial score (nSPS) is 10.7. The van der Waals surface area contributed by atoms with Gasteiger partial charge in [0.2, 0.25) is 5.91 Å². The number of urea groups is 1. The van der Waals surface area contributed by atoms with Crippen LogP contribution < -0.4 is 16.2 Å². The first-order valence-electron chi connectivity index (χ1n) is 8.10. The first-order chi connectivity index (χ1) is 12.3. The number of carboxylic acids is 1. The molecule has 3 amide bonds. The lowest BCUT2D eigenvalue weighted by Crippen LogP contribution is -2.43. The van der Waals surface area contributed by atoms with Crippen LogP contribution in [0.2, 0.25) is 0 Å². The summed E-state index contributed by atoms with van der Waals surface area (Å²) in [6, 6.07) is 5.43. The number of hydrogen-bond acceptors (Lipinski definition) is 5. The van der Waals surface area contributed by atoms with E-state index in [9.17, 15) is 24.3 Å². The number of amides is 3. The van der Waals surface area contributed by atoms with Crippen molar-refractivity contribution in [3.05, 3.63) is 40.3 Å². The molecular formula is C17H20N4O5. The van der Waals surface area contributed by atoms with E-state index in [4.69, 9.17) is 0 Å². The van der Waals surface area contributed by atoms with Crippen molar-refractivity contribution in [2.24, 2.45) is 5.92 Å². The van der Waals surface area contributed by atoms with E-state index in [2.05, 4.69) is 15.7 Å². The van der Waals surface area contributed by atoms with Crippen molar-refractivity contribution in [3.8, 4) is 0 Å². The van der Waals surface area contributed by atoms with Crippen molar-refractivity contribution < 1.29 is 19.5 Å². The van der Waals surface area contributed by atoms with Gasteiger partial charge in [-0.15, -0.1) is 0 Å². The van der Waals surface area contributed by atoms with Crippen LogP contribution >= 0.6 is 0 Å². The number of rotatable bonds is 6. The molecule has 9 nitrogen and oxygen atoms in total. The van der Waals surface area contributed by atoms with Crippen LogP contribution in [0.4, 0.5) is 4.79 Å². The average molecular weight is 360 g/mol. The molecule has 0 bridgehead atoms. The summed E-state index contributed by atoms with van der Waals surface area (Å²) < 4.78 is 0.739. The zero-order chi connectivity index (χ0) is 19.3. The third kappa shape index (κ3) is 4.65. The Labute approximate surface area is 149 Å². The summed E-state index contributed by atoms with van der Waals surface area (Å²) in [4.78, 5) is 47.4. The summed E-state index contributed by atoms with van der Waals surface area (Å²) in [6.45, 7) is 3.85. The van der Waals surface area contributed by atoms with E-state index >= 15 is 0 Å². The van der Waals surface area contributed by atoms with Gasteiger partial charge < -0.3 is 10.4 Å². The number of imide groups is 1. The fourth-order valence-corrected chi connectivity index (χ4v) is 2.32. The molecule has 0 saturated heterocycles. The fourth-order valence-electron chi connectivity index (χ4n) is 2.32. The van der Waals surface area contributed by atoms with Crippen LogP contribution in [0.5, 0.6) is 0 Å². The van der Waals surface area contributed by atoms with Crippen molar-refractivity contribution in [3.63, 3.8) is 0 Å². The lowest BCUT2D eigenvalue weighted by atomic mass is 10.1. The third-order valence-electron chi connectivity index (χ3n) is 3.62. The van der Waals surface area contributed by atoms with E-state index in [0.717, 1.165) is 11.1 Å². The van der Waals surface area contributed by atoms with Crippen LogP contribution in [0, 0.1) is 5.92 Å². The molecule has 0 atom stereocenters. The van der Waals surface area contributed by atoms with Gasteiger partial charge in [-0.2, -0.15) is 5.10 Å². The topological polar surface area (TPSA) is 130 Å². The van der Waals surface area contributed by atoms with Gasteiger partial charge in [-0.3, -0.25) is 14.9 Å². The summed E-state index contributed by atoms with van der Waals surface area (Å²) in [7, 11) is 0. The molecule has 0 spiro atoms. The number of carbonyl (C=O) groups is 3. The first kappa shape index (κ1) is 19.1. The fraction of sp³-hybridized carbons (Fsp3) is 0.353. The van der Waals surface area contributed by atoms with Crippen LogP contribution in [0.15, 0.2) is 29.1 Å². The molecule has 0 fully saturated rings. The van der Waals surface area contributed by atoms with Crippen LogP contribution in [-0.2, 0) is 11.3 Å². The number of nitrogens with one attached hydrogen (secondary N) is 2. The Bertz CT molecular complexity index is 904. The number of aromatic nitrogens is 2. The third-order valence-corrected chi connectivity index (χ3v) is 3.62. The molecule has 0 saturated carbocycles. The summed E-state index contributed by atoms with van der Waals surface area (Å²) in [5, 5.41) is 18.0. The van der Waals surface area contributed by atoms with Crippen molar-refractivity contribution in [1.29, 1.82) is 0 Å². The summed E-state index contributed by atoms with van der Waals surface area (Å²) in [6.07, 6.45) is 0.759. The van der Waals surface area contributed by atoms with Gasteiger partial charge in [-0.1, -0.05) is 32.0 Å². The van der Waals surface area contributed by atoms with E-state index < -0.39 is 30.0 Å². The van der Waals surface area contributed by atoms with E-state index in [-0.39, 0.29) is 16.5 Å². The predicted octanol–water partition coefficient (Wildman–Crippen LogP) is 0.967. The summed E-state index contributed by atoms with van der Waals surface area (Å²) in [5.74, 6) is -1.68. The van der Waals surface area contributed by atoms with E-state index in [1.165, 1.54) is 12.1 Å². The molecule has 9 heteroatoms. The average Bonchev–Trinajstić information content (AvgIpc) is 2.56. The number of nitrogens with zero attached hydrogens (tertiary/aromatic N) is 2. The van der Waals surface area contributed by atoms with E-state index in [1.807, 2.05) is 13.8 Å². The number of hydrogen-bond donors (Lipinski definition) is 3.